The lowest BCUT2D eigenvalue weighted by Crippen LogP contribution is -2.28. The van der Waals surface area contributed by atoms with Crippen LogP contribution in [0.1, 0.15) is 83.5 Å². The van der Waals surface area contributed by atoms with E-state index in [2.05, 4.69) is 25.5 Å². The van der Waals surface area contributed by atoms with Gasteiger partial charge in [-0.25, -0.2) is 9.97 Å². The summed E-state index contributed by atoms with van der Waals surface area (Å²) in [5, 5.41) is 6.42. The second-order valence-corrected chi connectivity index (χ2v) is 8.11. The van der Waals surface area contributed by atoms with Gasteiger partial charge in [0.1, 0.15) is 30.5 Å². The minimum absolute atomic E-state index is 0.702. The molecule has 0 atom stereocenters. The molecular formula is C24H43N5O2. The number of nitrogens with zero attached hydrogens (tertiary/aromatic N) is 3. The van der Waals surface area contributed by atoms with Crippen molar-refractivity contribution in [1.29, 1.82) is 0 Å². The summed E-state index contributed by atoms with van der Waals surface area (Å²) >= 11 is 0. The Labute approximate surface area is 188 Å². The summed E-state index contributed by atoms with van der Waals surface area (Å²) in [7, 11) is 1.86. The predicted molar refractivity (Wildman–Crippen MR) is 129 cm³/mol. The van der Waals surface area contributed by atoms with Gasteiger partial charge < -0.3 is 25.1 Å². The number of carbonyl (C=O) groups excluding carboxylic acids is 2. The van der Waals surface area contributed by atoms with E-state index in [-0.39, 0.29) is 0 Å². The number of aldehydes is 2. The number of hydrogen-bond acceptors (Lipinski definition) is 7. The molecule has 0 spiro atoms. The minimum atomic E-state index is 0.702. The molecule has 1 aromatic rings. The molecule has 0 aliphatic heterocycles. The van der Waals surface area contributed by atoms with Crippen molar-refractivity contribution in [3.8, 4) is 0 Å². The monoisotopic (exact) mass is 433 g/mol. The molecule has 7 heteroatoms. The summed E-state index contributed by atoms with van der Waals surface area (Å²) in [5.41, 5.74) is 0. The number of carbonyl (C=O) groups is 2. The molecule has 0 aromatic carbocycles. The van der Waals surface area contributed by atoms with E-state index in [1.54, 1.807) is 6.33 Å². The summed E-state index contributed by atoms with van der Waals surface area (Å²) in [6.45, 7) is 4.29. The van der Waals surface area contributed by atoms with Crippen LogP contribution in [0.3, 0.4) is 0 Å². The average Bonchev–Trinajstić information content (AvgIpc) is 2.80. The van der Waals surface area contributed by atoms with Crippen LogP contribution in [-0.4, -0.2) is 60.7 Å². The van der Waals surface area contributed by atoms with Gasteiger partial charge in [0, 0.05) is 32.5 Å². The SMILES string of the molecule is CNc1cc(NCCCN(CCCCCCCC=O)CCCCCCCC=O)ncn1. The molecule has 176 valence electrons. The summed E-state index contributed by atoms with van der Waals surface area (Å²) in [4.78, 5) is 31.8. The Balaban J connectivity index is 2.25. The molecule has 1 heterocycles. The number of hydrogen-bond donors (Lipinski definition) is 2. The summed E-state index contributed by atoms with van der Waals surface area (Å²) in [6.07, 6.45) is 17.9. The zero-order chi connectivity index (χ0) is 22.4. The second kappa shape index (κ2) is 19.9. The van der Waals surface area contributed by atoms with Gasteiger partial charge in [-0.2, -0.15) is 0 Å². The van der Waals surface area contributed by atoms with E-state index in [4.69, 9.17) is 0 Å². The van der Waals surface area contributed by atoms with Crippen LogP contribution < -0.4 is 10.6 Å². The fourth-order valence-electron chi connectivity index (χ4n) is 3.63. The van der Waals surface area contributed by atoms with Crippen LogP contribution in [0.25, 0.3) is 0 Å². The topological polar surface area (TPSA) is 87.2 Å². The van der Waals surface area contributed by atoms with E-state index in [9.17, 15) is 9.59 Å². The molecule has 0 saturated carbocycles. The first-order chi connectivity index (χ1) is 15.3. The molecule has 0 unspecified atom stereocenters. The number of aromatic nitrogens is 2. The van der Waals surface area contributed by atoms with Crippen molar-refractivity contribution in [2.45, 2.75) is 83.5 Å². The largest absolute Gasteiger partial charge is 0.373 e. The Hall–Kier alpha value is -2.02. The lowest BCUT2D eigenvalue weighted by molar-refractivity contribution is -0.108. The van der Waals surface area contributed by atoms with Gasteiger partial charge in [-0.1, -0.05) is 38.5 Å². The third kappa shape index (κ3) is 15.4. The van der Waals surface area contributed by atoms with Gasteiger partial charge in [-0.05, 0) is 51.7 Å². The van der Waals surface area contributed by atoms with Crippen molar-refractivity contribution in [2.24, 2.45) is 0 Å². The van der Waals surface area contributed by atoms with Crippen molar-refractivity contribution in [3.63, 3.8) is 0 Å². The molecule has 1 rings (SSSR count). The van der Waals surface area contributed by atoms with E-state index >= 15 is 0 Å². The first-order valence-electron chi connectivity index (χ1n) is 12.1. The van der Waals surface area contributed by atoms with Crippen molar-refractivity contribution in [1.82, 2.24) is 14.9 Å². The lowest BCUT2D eigenvalue weighted by atomic mass is 10.1. The highest BCUT2D eigenvalue weighted by molar-refractivity contribution is 5.49. The molecule has 0 amide bonds. The summed E-state index contributed by atoms with van der Waals surface area (Å²) < 4.78 is 0. The highest BCUT2D eigenvalue weighted by atomic mass is 16.1. The van der Waals surface area contributed by atoms with E-state index < -0.39 is 0 Å². The molecular weight excluding hydrogens is 390 g/mol. The fourth-order valence-corrected chi connectivity index (χ4v) is 3.63. The van der Waals surface area contributed by atoms with Crippen molar-refractivity contribution in [2.75, 3.05) is 43.9 Å². The first-order valence-corrected chi connectivity index (χ1v) is 12.1. The summed E-state index contributed by atoms with van der Waals surface area (Å²) in [5.74, 6) is 1.68. The number of unbranched alkanes of at least 4 members (excludes halogenated alkanes) is 10. The summed E-state index contributed by atoms with van der Waals surface area (Å²) in [6, 6.07) is 1.92. The molecule has 7 nitrogen and oxygen atoms in total. The average molecular weight is 434 g/mol. The van der Waals surface area contributed by atoms with E-state index in [1.165, 1.54) is 38.5 Å². The molecule has 0 aliphatic carbocycles. The molecule has 0 fully saturated rings. The Kier molecular flexibility index (Phi) is 17.4. The van der Waals surface area contributed by atoms with Gasteiger partial charge in [0.2, 0.25) is 0 Å². The Morgan fingerprint density at radius 3 is 1.84 bits per heavy atom. The second-order valence-electron chi connectivity index (χ2n) is 8.11. The number of anilines is 2. The Morgan fingerprint density at radius 1 is 0.742 bits per heavy atom. The van der Waals surface area contributed by atoms with Gasteiger partial charge in [0.25, 0.3) is 0 Å². The third-order valence-electron chi connectivity index (χ3n) is 5.47. The van der Waals surface area contributed by atoms with Crippen LogP contribution in [0.5, 0.6) is 0 Å². The van der Waals surface area contributed by atoms with Crippen LogP contribution in [0.15, 0.2) is 12.4 Å². The fraction of sp³-hybridized carbons (Fsp3) is 0.750. The zero-order valence-corrected chi connectivity index (χ0v) is 19.5. The van der Waals surface area contributed by atoms with Gasteiger partial charge >= 0.3 is 0 Å². The van der Waals surface area contributed by atoms with Crippen LogP contribution in [0, 0.1) is 0 Å². The van der Waals surface area contributed by atoms with Gasteiger partial charge in [-0.15, -0.1) is 0 Å². The maximum atomic E-state index is 10.4. The number of nitrogens with one attached hydrogen (secondary N) is 2. The molecule has 0 saturated heterocycles. The van der Waals surface area contributed by atoms with E-state index in [0.717, 1.165) is 82.5 Å². The van der Waals surface area contributed by atoms with Crippen LogP contribution in [0.4, 0.5) is 11.6 Å². The normalized spacial score (nSPS) is 10.9. The zero-order valence-electron chi connectivity index (χ0n) is 19.5. The highest BCUT2D eigenvalue weighted by Gasteiger charge is 2.05. The quantitative estimate of drug-likeness (QED) is 0.202. The van der Waals surface area contributed by atoms with Gasteiger partial charge in [0.15, 0.2) is 0 Å². The number of rotatable bonds is 22. The first kappa shape index (κ1) is 27.0. The molecule has 0 radical (unpaired) electrons. The molecule has 31 heavy (non-hydrogen) atoms. The van der Waals surface area contributed by atoms with E-state index in [0.29, 0.717) is 12.8 Å². The minimum Gasteiger partial charge on any atom is -0.373 e. The molecule has 0 bridgehead atoms. The Morgan fingerprint density at radius 2 is 1.26 bits per heavy atom. The lowest BCUT2D eigenvalue weighted by Gasteiger charge is -2.22. The van der Waals surface area contributed by atoms with Crippen LogP contribution in [0.2, 0.25) is 0 Å². The predicted octanol–water partition coefficient (Wildman–Crippen LogP) is 4.70. The van der Waals surface area contributed by atoms with Crippen molar-refractivity contribution >= 4 is 24.2 Å². The highest BCUT2D eigenvalue weighted by Crippen LogP contribution is 2.10. The van der Waals surface area contributed by atoms with E-state index in [1.807, 2.05) is 13.1 Å². The maximum absolute atomic E-state index is 10.4. The molecule has 2 N–H and O–H groups in total. The maximum Gasteiger partial charge on any atom is 0.131 e. The smallest absolute Gasteiger partial charge is 0.131 e. The van der Waals surface area contributed by atoms with Gasteiger partial charge in [-0.3, -0.25) is 0 Å². The van der Waals surface area contributed by atoms with Crippen LogP contribution >= 0.6 is 0 Å². The van der Waals surface area contributed by atoms with Gasteiger partial charge in [0.05, 0.1) is 0 Å². The Bertz CT molecular complexity index is 549. The molecule has 1 aromatic heterocycles. The third-order valence-corrected chi connectivity index (χ3v) is 5.47. The van der Waals surface area contributed by atoms with Crippen molar-refractivity contribution in [3.05, 3.63) is 12.4 Å². The van der Waals surface area contributed by atoms with Crippen molar-refractivity contribution < 1.29 is 9.59 Å². The molecule has 0 aliphatic rings. The standard InChI is InChI=1S/C24H43N5O2/c1-25-23-21-24(28-22-27-23)26-15-14-18-29(16-10-6-2-4-8-12-19-30)17-11-7-3-5-9-13-20-31/h19-22H,2-18H2,1H3,(H2,25,26,27,28). The van der Waals surface area contributed by atoms with Crippen LogP contribution in [-0.2, 0) is 9.59 Å².